The summed E-state index contributed by atoms with van der Waals surface area (Å²) < 4.78 is 7.91. The van der Waals surface area contributed by atoms with E-state index in [4.69, 9.17) is 4.74 Å². The molecular formula is C17H28N2O2. The van der Waals surface area contributed by atoms with Crippen molar-refractivity contribution in [2.75, 3.05) is 26.2 Å². The quantitative estimate of drug-likeness (QED) is 0.756. The third-order valence-corrected chi connectivity index (χ3v) is 4.42. The highest BCUT2D eigenvalue weighted by atomic mass is 16.5. The Morgan fingerprint density at radius 3 is 2.76 bits per heavy atom. The summed E-state index contributed by atoms with van der Waals surface area (Å²) in [6, 6.07) is 2.03. The molecular weight excluding hydrogens is 264 g/mol. The first-order valence-corrected chi connectivity index (χ1v) is 8.10. The highest BCUT2D eigenvalue weighted by molar-refractivity contribution is 5.99. The first kappa shape index (κ1) is 16.2. The minimum atomic E-state index is 0.236. The van der Waals surface area contributed by atoms with Gasteiger partial charge in [-0.1, -0.05) is 0 Å². The van der Waals surface area contributed by atoms with Crippen LogP contribution < -0.4 is 0 Å². The van der Waals surface area contributed by atoms with Crippen LogP contribution in [0.25, 0.3) is 0 Å². The minimum absolute atomic E-state index is 0.236. The molecule has 1 aromatic heterocycles. The standard InChI is InChI=1S/C17H28N2O2/c1-5-19-13(3)10-16(14(19)4)17(20)12-18-9-7-8-15(11-18)21-6-2/h10,15H,5-9,11-12H2,1-4H3/t15-/m0/s1. The van der Waals surface area contributed by atoms with E-state index < -0.39 is 0 Å². The molecule has 1 aromatic rings. The predicted octanol–water partition coefficient (Wildman–Crippen LogP) is 2.81. The van der Waals surface area contributed by atoms with E-state index in [1.54, 1.807) is 0 Å². The second kappa shape index (κ2) is 7.23. The third-order valence-electron chi connectivity index (χ3n) is 4.42. The first-order valence-electron chi connectivity index (χ1n) is 8.10. The van der Waals surface area contributed by atoms with Gasteiger partial charge in [0.1, 0.15) is 0 Å². The molecule has 0 aliphatic carbocycles. The second-order valence-electron chi connectivity index (χ2n) is 5.91. The number of hydrogen-bond acceptors (Lipinski definition) is 3. The van der Waals surface area contributed by atoms with Gasteiger partial charge in [0.05, 0.1) is 12.6 Å². The Balaban J connectivity index is 2.01. The SMILES string of the molecule is CCO[C@H]1CCCN(CC(=O)c2cc(C)n(CC)c2C)C1. The Hall–Kier alpha value is -1.13. The van der Waals surface area contributed by atoms with Crippen LogP contribution in [0, 0.1) is 13.8 Å². The lowest BCUT2D eigenvalue weighted by atomic mass is 10.1. The van der Waals surface area contributed by atoms with Gasteiger partial charge in [0.15, 0.2) is 5.78 Å². The Bertz CT molecular complexity index is 491. The van der Waals surface area contributed by atoms with Gasteiger partial charge in [0.2, 0.25) is 0 Å². The maximum atomic E-state index is 12.6. The smallest absolute Gasteiger partial charge is 0.178 e. The fourth-order valence-electron chi connectivity index (χ4n) is 3.39. The van der Waals surface area contributed by atoms with E-state index in [2.05, 4.69) is 23.3 Å². The Morgan fingerprint density at radius 2 is 2.14 bits per heavy atom. The average molecular weight is 292 g/mol. The van der Waals surface area contributed by atoms with Crippen LogP contribution in [0.5, 0.6) is 0 Å². The van der Waals surface area contributed by atoms with E-state index >= 15 is 0 Å². The number of carbonyl (C=O) groups is 1. The number of aryl methyl sites for hydroxylation is 1. The van der Waals surface area contributed by atoms with Gasteiger partial charge in [-0.05, 0) is 53.1 Å². The van der Waals surface area contributed by atoms with Crippen LogP contribution in [0.1, 0.15) is 48.4 Å². The van der Waals surface area contributed by atoms with Crippen LogP contribution in [-0.4, -0.2) is 47.6 Å². The highest BCUT2D eigenvalue weighted by Crippen LogP contribution is 2.18. The summed E-state index contributed by atoms with van der Waals surface area (Å²) in [4.78, 5) is 14.8. The molecule has 0 saturated carbocycles. The van der Waals surface area contributed by atoms with E-state index in [0.29, 0.717) is 12.6 Å². The maximum Gasteiger partial charge on any atom is 0.178 e. The molecule has 1 saturated heterocycles. The summed E-state index contributed by atoms with van der Waals surface area (Å²) in [5.41, 5.74) is 3.15. The molecule has 0 radical (unpaired) electrons. The molecule has 2 rings (SSSR count). The molecule has 21 heavy (non-hydrogen) atoms. The number of piperidine rings is 1. The molecule has 2 heterocycles. The Labute approximate surface area is 128 Å². The van der Waals surface area contributed by atoms with Crippen molar-refractivity contribution in [3.05, 3.63) is 23.0 Å². The van der Waals surface area contributed by atoms with Crippen molar-refractivity contribution in [3.63, 3.8) is 0 Å². The van der Waals surface area contributed by atoms with Crippen molar-refractivity contribution in [2.45, 2.75) is 53.2 Å². The third kappa shape index (κ3) is 3.74. The van der Waals surface area contributed by atoms with Crippen molar-refractivity contribution < 1.29 is 9.53 Å². The van der Waals surface area contributed by atoms with Crippen molar-refractivity contribution >= 4 is 5.78 Å². The van der Waals surface area contributed by atoms with Crippen LogP contribution in [0.15, 0.2) is 6.07 Å². The van der Waals surface area contributed by atoms with Crippen molar-refractivity contribution in [3.8, 4) is 0 Å². The summed E-state index contributed by atoms with van der Waals surface area (Å²) in [7, 11) is 0. The van der Waals surface area contributed by atoms with E-state index in [1.807, 2.05) is 19.9 Å². The monoisotopic (exact) mass is 292 g/mol. The first-order chi connectivity index (χ1) is 10.1. The van der Waals surface area contributed by atoms with E-state index in [0.717, 1.165) is 50.3 Å². The summed E-state index contributed by atoms with van der Waals surface area (Å²) in [6.45, 7) is 12.3. The van der Waals surface area contributed by atoms with Gasteiger partial charge in [0, 0.05) is 36.6 Å². The minimum Gasteiger partial charge on any atom is -0.377 e. The predicted molar refractivity (Wildman–Crippen MR) is 85.0 cm³/mol. The van der Waals surface area contributed by atoms with Gasteiger partial charge in [-0.2, -0.15) is 0 Å². The molecule has 118 valence electrons. The molecule has 1 fully saturated rings. The van der Waals surface area contributed by atoms with Gasteiger partial charge in [-0.15, -0.1) is 0 Å². The Kier molecular flexibility index (Phi) is 5.59. The van der Waals surface area contributed by atoms with Crippen LogP contribution in [-0.2, 0) is 11.3 Å². The molecule has 4 nitrogen and oxygen atoms in total. The average Bonchev–Trinajstić information content (AvgIpc) is 2.74. The lowest BCUT2D eigenvalue weighted by Crippen LogP contribution is -2.42. The van der Waals surface area contributed by atoms with Gasteiger partial charge >= 0.3 is 0 Å². The molecule has 0 unspecified atom stereocenters. The van der Waals surface area contributed by atoms with E-state index in [-0.39, 0.29) is 5.78 Å². The van der Waals surface area contributed by atoms with Crippen LogP contribution in [0.3, 0.4) is 0 Å². The second-order valence-corrected chi connectivity index (χ2v) is 5.91. The molecule has 0 amide bonds. The molecule has 0 spiro atoms. The summed E-state index contributed by atoms with van der Waals surface area (Å²) in [5.74, 6) is 0.236. The fraction of sp³-hybridized carbons (Fsp3) is 0.706. The number of rotatable bonds is 6. The fourth-order valence-corrected chi connectivity index (χ4v) is 3.39. The van der Waals surface area contributed by atoms with E-state index in [1.165, 1.54) is 5.69 Å². The number of aromatic nitrogens is 1. The highest BCUT2D eigenvalue weighted by Gasteiger charge is 2.23. The van der Waals surface area contributed by atoms with Crippen molar-refractivity contribution in [1.82, 2.24) is 9.47 Å². The number of ketones is 1. The lowest BCUT2D eigenvalue weighted by Gasteiger charge is -2.31. The Morgan fingerprint density at radius 1 is 1.38 bits per heavy atom. The molecule has 1 aliphatic heterocycles. The molecule has 0 bridgehead atoms. The summed E-state index contributed by atoms with van der Waals surface area (Å²) in [6.07, 6.45) is 2.52. The van der Waals surface area contributed by atoms with E-state index in [9.17, 15) is 4.79 Å². The summed E-state index contributed by atoms with van der Waals surface area (Å²) in [5, 5.41) is 0. The van der Waals surface area contributed by atoms with Crippen LogP contribution in [0.4, 0.5) is 0 Å². The molecule has 4 heteroatoms. The number of nitrogens with zero attached hydrogens (tertiary/aromatic N) is 2. The van der Waals surface area contributed by atoms with Crippen LogP contribution in [0.2, 0.25) is 0 Å². The van der Waals surface area contributed by atoms with Gasteiger partial charge < -0.3 is 9.30 Å². The topological polar surface area (TPSA) is 34.5 Å². The number of Topliss-reactive ketones (excluding diaryl/α,β-unsaturated/α-hetero) is 1. The zero-order valence-electron chi connectivity index (χ0n) is 13.8. The van der Waals surface area contributed by atoms with Crippen molar-refractivity contribution in [1.29, 1.82) is 0 Å². The molecule has 1 aliphatic rings. The number of likely N-dealkylation sites (tertiary alicyclic amines) is 1. The van der Waals surface area contributed by atoms with Gasteiger partial charge in [0.25, 0.3) is 0 Å². The number of carbonyl (C=O) groups excluding carboxylic acids is 1. The van der Waals surface area contributed by atoms with Gasteiger partial charge in [-0.3, -0.25) is 9.69 Å². The van der Waals surface area contributed by atoms with Crippen molar-refractivity contribution in [2.24, 2.45) is 0 Å². The number of ether oxygens (including phenoxy) is 1. The molecule has 0 aromatic carbocycles. The largest absolute Gasteiger partial charge is 0.377 e. The lowest BCUT2D eigenvalue weighted by molar-refractivity contribution is 0.00718. The molecule has 1 atom stereocenters. The number of hydrogen-bond donors (Lipinski definition) is 0. The normalized spacial score (nSPS) is 19.9. The maximum absolute atomic E-state index is 12.6. The van der Waals surface area contributed by atoms with Crippen LogP contribution >= 0.6 is 0 Å². The van der Waals surface area contributed by atoms with Gasteiger partial charge in [-0.25, -0.2) is 0 Å². The zero-order chi connectivity index (χ0) is 15.4. The summed E-state index contributed by atoms with van der Waals surface area (Å²) >= 11 is 0. The molecule has 0 N–H and O–H groups in total. The zero-order valence-corrected chi connectivity index (χ0v) is 13.8.